The van der Waals surface area contributed by atoms with E-state index < -0.39 is 0 Å². The first-order valence-electron chi connectivity index (χ1n) is 3.65. The third-order valence-electron chi connectivity index (χ3n) is 1.28. The summed E-state index contributed by atoms with van der Waals surface area (Å²) >= 11 is 0. The fourth-order valence-electron chi connectivity index (χ4n) is 0.692. The Balaban J connectivity index is 3.24. The fourth-order valence-corrected chi connectivity index (χ4v) is 0.692. The van der Waals surface area contributed by atoms with Crippen molar-refractivity contribution in [3.63, 3.8) is 0 Å². The molecule has 0 heterocycles. The zero-order valence-corrected chi connectivity index (χ0v) is 6.34. The van der Waals surface area contributed by atoms with E-state index in [-0.39, 0.29) is 5.76 Å². The Bertz CT molecular complexity index is 116. The lowest BCUT2D eigenvalue weighted by atomic mass is 10.2. The summed E-state index contributed by atoms with van der Waals surface area (Å²) in [5.74, 6) is -0.142. The number of aliphatic hydroxyl groups is 1. The summed E-state index contributed by atoms with van der Waals surface area (Å²) in [6.45, 7) is 2.11. The topological polar surface area (TPSA) is 37.3 Å². The summed E-state index contributed by atoms with van der Waals surface area (Å²) < 4.78 is 0. The van der Waals surface area contributed by atoms with Gasteiger partial charge in [0.05, 0.1) is 0 Å². The van der Waals surface area contributed by atoms with Gasteiger partial charge >= 0.3 is 0 Å². The van der Waals surface area contributed by atoms with E-state index >= 15 is 0 Å². The van der Waals surface area contributed by atoms with Gasteiger partial charge in [-0.1, -0.05) is 19.8 Å². The molecule has 0 aliphatic rings. The van der Waals surface area contributed by atoms with Crippen LogP contribution in [-0.2, 0) is 4.79 Å². The number of carbonyl (C=O) groups is 1. The van der Waals surface area contributed by atoms with Gasteiger partial charge in [0, 0.05) is 0 Å². The SMILES string of the molecule is CCCCCC=C(O)C=O. The third-order valence-corrected chi connectivity index (χ3v) is 1.28. The Hall–Kier alpha value is -0.790. The molecule has 0 spiro atoms. The maximum absolute atomic E-state index is 9.85. The van der Waals surface area contributed by atoms with E-state index in [4.69, 9.17) is 5.11 Å². The summed E-state index contributed by atoms with van der Waals surface area (Å²) in [5.41, 5.74) is 0. The lowest BCUT2D eigenvalue weighted by Gasteiger charge is -1.91. The monoisotopic (exact) mass is 142 g/mol. The van der Waals surface area contributed by atoms with E-state index in [2.05, 4.69) is 6.92 Å². The Labute approximate surface area is 61.6 Å². The van der Waals surface area contributed by atoms with E-state index in [1.165, 1.54) is 0 Å². The van der Waals surface area contributed by atoms with Crippen molar-refractivity contribution in [2.24, 2.45) is 0 Å². The predicted molar refractivity (Wildman–Crippen MR) is 40.9 cm³/mol. The van der Waals surface area contributed by atoms with Gasteiger partial charge in [0.15, 0.2) is 12.0 Å². The van der Waals surface area contributed by atoms with E-state index in [0.717, 1.165) is 25.7 Å². The number of allylic oxidation sites excluding steroid dienone is 2. The minimum Gasteiger partial charge on any atom is -0.505 e. The van der Waals surface area contributed by atoms with Crippen molar-refractivity contribution in [3.8, 4) is 0 Å². The molecule has 0 rings (SSSR count). The molecule has 0 saturated carbocycles. The van der Waals surface area contributed by atoms with Gasteiger partial charge in [-0.25, -0.2) is 0 Å². The lowest BCUT2D eigenvalue weighted by Crippen LogP contribution is -1.80. The first-order valence-corrected chi connectivity index (χ1v) is 3.65. The summed E-state index contributed by atoms with van der Waals surface area (Å²) in [6, 6.07) is 0. The maximum Gasteiger partial charge on any atom is 0.184 e. The number of carbonyl (C=O) groups excluding carboxylic acids is 1. The molecule has 0 radical (unpaired) electrons. The molecule has 2 nitrogen and oxygen atoms in total. The predicted octanol–water partition coefficient (Wildman–Crippen LogP) is 2.21. The van der Waals surface area contributed by atoms with Gasteiger partial charge in [0.1, 0.15) is 0 Å². The van der Waals surface area contributed by atoms with Crippen molar-refractivity contribution in [3.05, 3.63) is 11.8 Å². The molecule has 2 heteroatoms. The second-order valence-electron chi connectivity index (χ2n) is 2.24. The van der Waals surface area contributed by atoms with Crippen LogP contribution in [0.5, 0.6) is 0 Å². The van der Waals surface area contributed by atoms with Gasteiger partial charge in [0.2, 0.25) is 0 Å². The van der Waals surface area contributed by atoms with Crippen molar-refractivity contribution >= 4 is 6.29 Å². The largest absolute Gasteiger partial charge is 0.505 e. The van der Waals surface area contributed by atoms with Gasteiger partial charge < -0.3 is 5.11 Å². The molecular weight excluding hydrogens is 128 g/mol. The van der Waals surface area contributed by atoms with Crippen LogP contribution in [0.3, 0.4) is 0 Å². The van der Waals surface area contributed by atoms with Crippen LogP contribution in [0, 0.1) is 0 Å². The van der Waals surface area contributed by atoms with Crippen LogP contribution in [0.4, 0.5) is 0 Å². The summed E-state index contributed by atoms with van der Waals surface area (Å²) in [6.07, 6.45) is 6.19. The van der Waals surface area contributed by atoms with Gasteiger partial charge in [-0.05, 0) is 18.9 Å². The highest BCUT2D eigenvalue weighted by Gasteiger charge is 1.86. The van der Waals surface area contributed by atoms with Crippen LogP contribution in [0.1, 0.15) is 32.6 Å². The number of rotatable bonds is 5. The minimum absolute atomic E-state index is 0.142. The summed E-state index contributed by atoms with van der Waals surface area (Å²) in [4.78, 5) is 9.85. The second-order valence-corrected chi connectivity index (χ2v) is 2.24. The highest BCUT2D eigenvalue weighted by atomic mass is 16.3. The molecule has 0 aromatic rings. The smallest absolute Gasteiger partial charge is 0.184 e. The van der Waals surface area contributed by atoms with Crippen LogP contribution in [0.15, 0.2) is 11.8 Å². The van der Waals surface area contributed by atoms with Crippen molar-refractivity contribution in [2.45, 2.75) is 32.6 Å². The van der Waals surface area contributed by atoms with Crippen LogP contribution in [0.25, 0.3) is 0 Å². The number of aliphatic hydroxyl groups excluding tert-OH is 1. The normalized spacial score (nSPS) is 11.5. The first-order chi connectivity index (χ1) is 4.81. The third kappa shape index (κ3) is 5.35. The van der Waals surface area contributed by atoms with Crippen molar-refractivity contribution < 1.29 is 9.90 Å². The summed E-state index contributed by atoms with van der Waals surface area (Å²) in [5, 5.41) is 8.65. The van der Waals surface area contributed by atoms with Gasteiger partial charge in [-0.15, -0.1) is 0 Å². The van der Waals surface area contributed by atoms with Crippen LogP contribution >= 0.6 is 0 Å². The molecule has 10 heavy (non-hydrogen) atoms. The van der Waals surface area contributed by atoms with Gasteiger partial charge in [-0.3, -0.25) is 4.79 Å². The van der Waals surface area contributed by atoms with Crippen LogP contribution in [0.2, 0.25) is 0 Å². The van der Waals surface area contributed by atoms with Crippen molar-refractivity contribution in [1.29, 1.82) is 0 Å². The molecule has 0 amide bonds. The number of hydrogen-bond donors (Lipinski definition) is 1. The van der Waals surface area contributed by atoms with E-state index in [1.54, 1.807) is 6.08 Å². The highest BCUT2D eigenvalue weighted by molar-refractivity contribution is 5.69. The molecule has 0 atom stereocenters. The average Bonchev–Trinajstić information content (AvgIpc) is 1.98. The maximum atomic E-state index is 9.85. The zero-order chi connectivity index (χ0) is 7.82. The lowest BCUT2D eigenvalue weighted by molar-refractivity contribution is -0.107. The van der Waals surface area contributed by atoms with E-state index in [9.17, 15) is 4.79 Å². The van der Waals surface area contributed by atoms with E-state index in [1.807, 2.05) is 0 Å². The highest BCUT2D eigenvalue weighted by Crippen LogP contribution is 2.00. The number of aldehydes is 1. The fraction of sp³-hybridized carbons (Fsp3) is 0.625. The number of unbranched alkanes of at least 4 members (excludes halogenated alkanes) is 3. The molecule has 0 aliphatic carbocycles. The van der Waals surface area contributed by atoms with Crippen molar-refractivity contribution in [2.75, 3.05) is 0 Å². The van der Waals surface area contributed by atoms with Crippen LogP contribution < -0.4 is 0 Å². The molecule has 0 saturated heterocycles. The Kier molecular flexibility index (Phi) is 5.83. The minimum atomic E-state index is -0.142. The van der Waals surface area contributed by atoms with Gasteiger partial charge in [0.25, 0.3) is 0 Å². The van der Waals surface area contributed by atoms with E-state index in [0.29, 0.717) is 6.29 Å². The number of hydrogen-bond acceptors (Lipinski definition) is 2. The second kappa shape index (κ2) is 6.33. The molecule has 1 N–H and O–H groups in total. The average molecular weight is 142 g/mol. The Morgan fingerprint density at radius 1 is 1.50 bits per heavy atom. The molecule has 0 fully saturated rings. The summed E-state index contributed by atoms with van der Waals surface area (Å²) in [7, 11) is 0. The molecule has 0 aromatic heterocycles. The first kappa shape index (κ1) is 9.21. The standard InChI is InChI=1S/C8H14O2/c1-2-3-4-5-6-8(10)7-9/h6-7,10H,2-5H2,1H3. The van der Waals surface area contributed by atoms with Gasteiger partial charge in [-0.2, -0.15) is 0 Å². The molecule has 0 aromatic carbocycles. The zero-order valence-electron chi connectivity index (χ0n) is 6.34. The van der Waals surface area contributed by atoms with Crippen molar-refractivity contribution in [1.82, 2.24) is 0 Å². The molecule has 0 unspecified atom stereocenters. The molecule has 58 valence electrons. The molecule has 0 bridgehead atoms. The van der Waals surface area contributed by atoms with Crippen LogP contribution in [-0.4, -0.2) is 11.4 Å². The Morgan fingerprint density at radius 3 is 2.70 bits per heavy atom. The molecular formula is C8H14O2. The quantitative estimate of drug-likeness (QED) is 0.276. The Morgan fingerprint density at radius 2 is 2.20 bits per heavy atom. The molecule has 0 aliphatic heterocycles.